The van der Waals surface area contributed by atoms with Gasteiger partial charge in [0.05, 0.1) is 10.9 Å². The van der Waals surface area contributed by atoms with Gasteiger partial charge in [-0.3, -0.25) is 4.98 Å². The van der Waals surface area contributed by atoms with Crippen molar-refractivity contribution < 1.29 is 0 Å². The van der Waals surface area contributed by atoms with Crippen molar-refractivity contribution in [1.29, 1.82) is 0 Å². The van der Waals surface area contributed by atoms with Crippen LogP contribution in [0.1, 0.15) is 12.8 Å². The van der Waals surface area contributed by atoms with Crippen LogP contribution in [-0.4, -0.2) is 9.55 Å². The summed E-state index contributed by atoms with van der Waals surface area (Å²) in [6.07, 6.45) is 8.17. The van der Waals surface area contributed by atoms with E-state index in [0.717, 1.165) is 17.7 Å². The smallest absolute Gasteiger partial charge is 0.0630 e. The van der Waals surface area contributed by atoms with Crippen LogP contribution in [0.2, 0.25) is 0 Å². The molecule has 0 bridgehead atoms. The van der Waals surface area contributed by atoms with Gasteiger partial charge in [0.1, 0.15) is 0 Å². The van der Waals surface area contributed by atoms with Gasteiger partial charge < -0.3 is 4.57 Å². The number of aromatic nitrogens is 2. The minimum Gasteiger partial charge on any atom is -0.308 e. The first-order valence-corrected chi connectivity index (χ1v) is 7.23. The Balaban J connectivity index is 2.28. The summed E-state index contributed by atoms with van der Waals surface area (Å²) in [7, 11) is 0. The Morgan fingerprint density at radius 3 is 2.80 bits per heavy atom. The minimum absolute atomic E-state index is 1.01. The van der Waals surface area contributed by atoms with E-state index in [1.165, 1.54) is 27.2 Å². The molecule has 98 valence electrons. The summed E-state index contributed by atoms with van der Waals surface area (Å²) in [4.78, 5) is 5.44. The summed E-state index contributed by atoms with van der Waals surface area (Å²) < 4.78 is 2.30. The molecule has 0 radical (unpaired) electrons. The predicted molar refractivity (Wildman–Crippen MR) is 86.4 cm³/mol. The zero-order valence-electron chi connectivity index (χ0n) is 11.0. The second-order valence-electron chi connectivity index (χ2n) is 5.02. The summed E-state index contributed by atoms with van der Waals surface area (Å²) in [6, 6.07) is 12.5. The van der Waals surface area contributed by atoms with E-state index < -0.39 is 0 Å². The summed E-state index contributed by atoms with van der Waals surface area (Å²) in [5, 5.41) is 3.69. The zero-order chi connectivity index (χ0) is 13.5. The van der Waals surface area contributed by atoms with Crippen molar-refractivity contribution in [2.24, 2.45) is 0 Å². The van der Waals surface area contributed by atoms with Crippen LogP contribution in [0.15, 0.2) is 48.8 Å². The Hall–Kier alpha value is -2.00. The SMILES string of the molecule is SC1=c2c(c3cnccc3n2-c2ccccc2)=CCC1. The molecule has 0 amide bonds. The molecule has 20 heavy (non-hydrogen) atoms. The second-order valence-corrected chi connectivity index (χ2v) is 5.56. The predicted octanol–water partition coefficient (Wildman–Crippen LogP) is 2.64. The van der Waals surface area contributed by atoms with Gasteiger partial charge in [0.25, 0.3) is 0 Å². The molecule has 0 atom stereocenters. The van der Waals surface area contributed by atoms with Crippen LogP contribution in [0.5, 0.6) is 0 Å². The number of benzene rings is 1. The summed E-state index contributed by atoms with van der Waals surface area (Å²) in [5.41, 5.74) is 2.37. The summed E-state index contributed by atoms with van der Waals surface area (Å²) in [5.74, 6) is 0. The van der Waals surface area contributed by atoms with Crippen molar-refractivity contribution in [2.75, 3.05) is 0 Å². The Morgan fingerprint density at radius 1 is 1.10 bits per heavy atom. The van der Waals surface area contributed by atoms with Gasteiger partial charge in [0.15, 0.2) is 0 Å². The fourth-order valence-corrected chi connectivity index (χ4v) is 3.32. The maximum absolute atomic E-state index is 4.73. The molecule has 3 aromatic rings. The highest BCUT2D eigenvalue weighted by Crippen LogP contribution is 2.19. The summed E-state index contributed by atoms with van der Waals surface area (Å²) in [6.45, 7) is 0. The monoisotopic (exact) mass is 278 g/mol. The number of para-hydroxylation sites is 1. The van der Waals surface area contributed by atoms with Crippen molar-refractivity contribution in [3.05, 3.63) is 59.4 Å². The zero-order valence-corrected chi connectivity index (χ0v) is 11.8. The molecule has 0 N–H and O–H groups in total. The van der Waals surface area contributed by atoms with E-state index in [-0.39, 0.29) is 0 Å². The third kappa shape index (κ3) is 1.63. The van der Waals surface area contributed by atoms with Crippen LogP contribution in [0.3, 0.4) is 0 Å². The van der Waals surface area contributed by atoms with Crippen molar-refractivity contribution >= 4 is 34.5 Å². The van der Waals surface area contributed by atoms with E-state index in [2.05, 4.69) is 46.0 Å². The Morgan fingerprint density at radius 2 is 1.95 bits per heavy atom. The Kier molecular flexibility index (Phi) is 2.67. The third-order valence-electron chi connectivity index (χ3n) is 3.83. The highest BCUT2D eigenvalue weighted by molar-refractivity contribution is 7.90. The fraction of sp³-hybridized carbons (Fsp3) is 0.118. The summed E-state index contributed by atoms with van der Waals surface area (Å²) >= 11 is 4.73. The Labute approximate surface area is 122 Å². The highest BCUT2D eigenvalue weighted by Gasteiger charge is 2.13. The van der Waals surface area contributed by atoms with Crippen molar-refractivity contribution in [3.8, 4) is 5.69 Å². The number of rotatable bonds is 1. The van der Waals surface area contributed by atoms with Crippen LogP contribution in [0.4, 0.5) is 0 Å². The molecule has 0 saturated heterocycles. The van der Waals surface area contributed by atoms with Gasteiger partial charge in [-0.2, -0.15) is 0 Å². The molecule has 2 heterocycles. The van der Waals surface area contributed by atoms with E-state index >= 15 is 0 Å². The van der Waals surface area contributed by atoms with Crippen LogP contribution in [-0.2, 0) is 0 Å². The van der Waals surface area contributed by atoms with E-state index in [1.807, 2.05) is 18.5 Å². The van der Waals surface area contributed by atoms with Crippen LogP contribution in [0.25, 0.3) is 27.6 Å². The molecule has 0 saturated carbocycles. The number of pyridine rings is 1. The number of hydrogen-bond donors (Lipinski definition) is 1. The third-order valence-corrected chi connectivity index (χ3v) is 4.26. The molecular formula is C17H14N2S. The highest BCUT2D eigenvalue weighted by atomic mass is 32.1. The molecule has 0 aliphatic heterocycles. The first-order valence-electron chi connectivity index (χ1n) is 6.78. The molecule has 1 aromatic carbocycles. The lowest BCUT2D eigenvalue weighted by molar-refractivity contribution is 1.02. The average molecular weight is 278 g/mol. The fourth-order valence-electron chi connectivity index (χ4n) is 2.97. The largest absolute Gasteiger partial charge is 0.308 e. The molecule has 2 aromatic heterocycles. The van der Waals surface area contributed by atoms with E-state index in [0.29, 0.717) is 0 Å². The number of thiol groups is 1. The quantitative estimate of drug-likeness (QED) is 0.678. The maximum Gasteiger partial charge on any atom is 0.0630 e. The van der Waals surface area contributed by atoms with Crippen molar-refractivity contribution in [3.63, 3.8) is 0 Å². The molecular weight excluding hydrogens is 264 g/mol. The lowest BCUT2D eigenvalue weighted by Gasteiger charge is -2.09. The number of nitrogens with zero attached hydrogens (tertiary/aromatic N) is 2. The normalized spacial score (nSPS) is 14.2. The molecule has 0 spiro atoms. The van der Waals surface area contributed by atoms with Crippen molar-refractivity contribution in [1.82, 2.24) is 9.55 Å². The Bertz CT molecular complexity index is 907. The van der Waals surface area contributed by atoms with Gasteiger partial charge in [-0.15, -0.1) is 12.6 Å². The van der Waals surface area contributed by atoms with E-state index in [9.17, 15) is 0 Å². The van der Waals surface area contributed by atoms with Crippen molar-refractivity contribution in [2.45, 2.75) is 12.8 Å². The lowest BCUT2D eigenvalue weighted by atomic mass is 10.1. The average Bonchev–Trinajstić information content (AvgIpc) is 2.84. The van der Waals surface area contributed by atoms with Crippen LogP contribution < -0.4 is 10.6 Å². The molecule has 0 unspecified atom stereocenters. The number of fused-ring (bicyclic) bond motifs is 3. The first-order chi connectivity index (χ1) is 9.86. The number of hydrogen-bond acceptors (Lipinski definition) is 2. The van der Waals surface area contributed by atoms with Gasteiger partial charge in [0, 0.05) is 33.6 Å². The molecule has 3 heteroatoms. The van der Waals surface area contributed by atoms with Gasteiger partial charge in [-0.1, -0.05) is 24.3 Å². The minimum atomic E-state index is 1.01. The molecule has 1 aliphatic carbocycles. The molecule has 0 fully saturated rings. The van der Waals surface area contributed by atoms with Crippen LogP contribution in [0, 0.1) is 0 Å². The molecule has 1 aliphatic rings. The lowest BCUT2D eigenvalue weighted by Crippen LogP contribution is -2.32. The molecule has 4 rings (SSSR count). The van der Waals surface area contributed by atoms with Gasteiger partial charge >= 0.3 is 0 Å². The standard InChI is InChI=1S/C17H14N2S/c20-16-8-4-7-13-14-11-18-10-9-15(14)19(17(13)16)12-5-2-1-3-6-12/h1-3,5-7,9-11,20H,4,8H2. The molecule has 2 nitrogen and oxygen atoms in total. The van der Waals surface area contributed by atoms with E-state index in [4.69, 9.17) is 12.6 Å². The maximum atomic E-state index is 4.73. The second kappa shape index (κ2) is 4.53. The topological polar surface area (TPSA) is 17.8 Å². The van der Waals surface area contributed by atoms with Gasteiger partial charge in [0.2, 0.25) is 0 Å². The van der Waals surface area contributed by atoms with Gasteiger partial charge in [-0.25, -0.2) is 0 Å². The van der Waals surface area contributed by atoms with E-state index in [1.54, 1.807) is 0 Å². The van der Waals surface area contributed by atoms with Gasteiger partial charge in [-0.05, 0) is 31.0 Å². The van der Waals surface area contributed by atoms with Crippen LogP contribution >= 0.6 is 12.6 Å². The first kappa shape index (κ1) is 11.8.